The second-order valence-corrected chi connectivity index (χ2v) is 4.57. The van der Waals surface area contributed by atoms with E-state index in [4.69, 9.17) is 5.26 Å². The molecular weight excluding hydrogens is 188 g/mol. The van der Waals surface area contributed by atoms with Crippen LogP contribution in [0.15, 0.2) is 0 Å². The van der Waals surface area contributed by atoms with Gasteiger partial charge in [0.05, 0.1) is 12.5 Å². The minimum atomic E-state index is 0.0453. The highest BCUT2D eigenvalue weighted by molar-refractivity contribution is 5.76. The van der Waals surface area contributed by atoms with Crippen LogP contribution in [0.4, 0.5) is 0 Å². The maximum atomic E-state index is 11.8. The number of hydrogen-bond donors (Lipinski definition) is 0. The van der Waals surface area contributed by atoms with Crippen LogP contribution in [-0.2, 0) is 4.79 Å². The summed E-state index contributed by atoms with van der Waals surface area (Å²) in [5.41, 5.74) is 0. The molecule has 0 radical (unpaired) electrons. The molecule has 0 aromatic rings. The predicted octanol–water partition coefficient (Wildman–Crippen LogP) is 2.33. The van der Waals surface area contributed by atoms with Crippen molar-refractivity contribution in [2.75, 3.05) is 7.05 Å². The Balaban J connectivity index is 2.35. The minimum absolute atomic E-state index is 0.0453. The van der Waals surface area contributed by atoms with Crippen LogP contribution in [0.1, 0.15) is 45.4 Å². The van der Waals surface area contributed by atoms with Gasteiger partial charge in [-0.1, -0.05) is 12.8 Å². The zero-order chi connectivity index (χ0) is 11.3. The van der Waals surface area contributed by atoms with Crippen LogP contribution < -0.4 is 0 Å². The third-order valence-electron chi connectivity index (χ3n) is 3.38. The van der Waals surface area contributed by atoms with Gasteiger partial charge >= 0.3 is 0 Å². The molecule has 1 rings (SSSR count). The van der Waals surface area contributed by atoms with Crippen molar-refractivity contribution in [3.05, 3.63) is 0 Å². The Morgan fingerprint density at radius 3 is 2.67 bits per heavy atom. The highest BCUT2D eigenvalue weighted by Gasteiger charge is 2.22. The number of carbonyl (C=O) groups is 1. The Labute approximate surface area is 92.1 Å². The highest BCUT2D eigenvalue weighted by Crippen LogP contribution is 2.28. The van der Waals surface area contributed by atoms with Gasteiger partial charge in [-0.3, -0.25) is 4.79 Å². The third-order valence-corrected chi connectivity index (χ3v) is 3.38. The molecule has 1 unspecified atom stereocenters. The van der Waals surface area contributed by atoms with E-state index in [0.29, 0.717) is 18.8 Å². The second-order valence-electron chi connectivity index (χ2n) is 4.57. The Morgan fingerprint density at radius 1 is 1.53 bits per heavy atom. The van der Waals surface area contributed by atoms with Crippen molar-refractivity contribution in [3.8, 4) is 6.07 Å². The van der Waals surface area contributed by atoms with Crippen LogP contribution in [0, 0.1) is 17.2 Å². The summed E-state index contributed by atoms with van der Waals surface area (Å²) in [4.78, 5) is 13.6. The molecule has 1 saturated carbocycles. The summed E-state index contributed by atoms with van der Waals surface area (Å²) in [5.74, 6) is 0.791. The van der Waals surface area contributed by atoms with E-state index in [1.165, 1.54) is 25.7 Å². The predicted molar refractivity (Wildman–Crippen MR) is 59.0 cm³/mol. The zero-order valence-electron chi connectivity index (χ0n) is 9.70. The molecule has 1 aliphatic rings. The fourth-order valence-electron chi connectivity index (χ4n) is 2.12. The van der Waals surface area contributed by atoms with Crippen LogP contribution in [0.2, 0.25) is 0 Å². The maximum Gasteiger partial charge on any atom is 0.222 e. The SMILES string of the molecule is CC(CC#N)N(C)C(=O)CC1CCCC1. The molecule has 0 aromatic carbocycles. The fourth-order valence-corrected chi connectivity index (χ4v) is 2.12. The highest BCUT2D eigenvalue weighted by atomic mass is 16.2. The van der Waals surface area contributed by atoms with E-state index in [9.17, 15) is 4.79 Å². The van der Waals surface area contributed by atoms with E-state index in [0.717, 1.165) is 0 Å². The zero-order valence-corrected chi connectivity index (χ0v) is 9.70. The second kappa shape index (κ2) is 5.75. The number of amides is 1. The minimum Gasteiger partial charge on any atom is -0.342 e. The first-order valence-electron chi connectivity index (χ1n) is 5.77. The molecule has 0 N–H and O–H groups in total. The molecule has 0 aromatic heterocycles. The number of hydrogen-bond acceptors (Lipinski definition) is 2. The molecule has 0 saturated heterocycles. The fraction of sp³-hybridized carbons (Fsp3) is 0.833. The quantitative estimate of drug-likeness (QED) is 0.711. The van der Waals surface area contributed by atoms with Crippen molar-refractivity contribution in [1.82, 2.24) is 4.90 Å². The summed E-state index contributed by atoms with van der Waals surface area (Å²) in [6.07, 6.45) is 6.04. The summed E-state index contributed by atoms with van der Waals surface area (Å²) in [6.45, 7) is 1.93. The van der Waals surface area contributed by atoms with Crippen molar-refractivity contribution in [3.63, 3.8) is 0 Å². The Morgan fingerprint density at radius 2 is 2.13 bits per heavy atom. The van der Waals surface area contributed by atoms with Gasteiger partial charge in [0, 0.05) is 19.5 Å². The average Bonchev–Trinajstić information content (AvgIpc) is 2.69. The maximum absolute atomic E-state index is 11.8. The first-order valence-corrected chi connectivity index (χ1v) is 5.77. The van der Waals surface area contributed by atoms with Crippen molar-refractivity contribution < 1.29 is 4.79 Å². The van der Waals surface area contributed by atoms with Crippen molar-refractivity contribution in [2.45, 2.75) is 51.5 Å². The first kappa shape index (κ1) is 12.0. The molecule has 1 atom stereocenters. The van der Waals surface area contributed by atoms with E-state index in [-0.39, 0.29) is 11.9 Å². The Hall–Kier alpha value is -1.04. The monoisotopic (exact) mass is 208 g/mol. The number of nitriles is 1. The standard InChI is InChI=1S/C12H20N2O/c1-10(7-8-13)14(2)12(15)9-11-5-3-4-6-11/h10-11H,3-7,9H2,1-2H3. The van der Waals surface area contributed by atoms with Crippen LogP contribution in [0.3, 0.4) is 0 Å². The molecule has 1 fully saturated rings. The molecule has 15 heavy (non-hydrogen) atoms. The van der Waals surface area contributed by atoms with Gasteiger partial charge < -0.3 is 4.90 Å². The van der Waals surface area contributed by atoms with Crippen LogP contribution >= 0.6 is 0 Å². The lowest BCUT2D eigenvalue weighted by atomic mass is 10.0. The summed E-state index contributed by atoms with van der Waals surface area (Å²) in [7, 11) is 1.80. The normalized spacial score (nSPS) is 18.5. The van der Waals surface area contributed by atoms with Gasteiger partial charge in [-0.2, -0.15) is 5.26 Å². The summed E-state index contributed by atoms with van der Waals surface area (Å²) in [5, 5.41) is 8.56. The molecule has 0 aliphatic heterocycles. The van der Waals surface area contributed by atoms with Gasteiger partial charge in [0.1, 0.15) is 0 Å². The van der Waals surface area contributed by atoms with Gasteiger partial charge in [0.25, 0.3) is 0 Å². The Kier molecular flexibility index (Phi) is 4.61. The van der Waals surface area contributed by atoms with Crippen molar-refractivity contribution in [1.29, 1.82) is 5.26 Å². The third kappa shape index (κ3) is 3.54. The summed E-state index contributed by atoms with van der Waals surface area (Å²) >= 11 is 0. The number of carbonyl (C=O) groups excluding carboxylic acids is 1. The molecule has 3 nitrogen and oxygen atoms in total. The van der Waals surface area contributed by atoms with Crippen molar-refractivity contribution >= 4 is 5.91 Å². The molecule has 3 heteroatoms. The summed E-state index contributed by atoms with van der Waals surface area (Å²) in [6, 6.07) is 2.15. The van der Waals surface area contributed by atoms with Crippen LogP contribution in [-0.4, -0.2) is 23.9 Å². The van der Waals surface area contributed by atoms with Gasteiger partial charge in [0.2, 0.25) is 5.91 Å². The molecule has 0 bridgehead atoms. The van der Waals surface area contributed by atoms with Crippen LogP contribution in [0.25, 0.3) is 0 Å². The van der Waals surface area contributed by atoms with Crippen LogP contribution in [0.5, 0.6) is 0 Å². The van der Waals surface area contributed by atoms with E-state index >= 15 is 0 Å². The van der Waals surface area contributed by atoms with Gasteiger partial charge in [-0.05, 0) is 25.7 Å². The van der Waals surface area contributed by atoms with E-state index < -0.39 is 0 Å². The lowest BCUT2D eigenvalue weighted by molar-refractivity contribution is -0.132. The molecule has 0 spiro atoms. The van der Waals surface area contributed by atoms with E-state index in [1.807, 2.05) is 6.92 Å². The molecule has 0 heterocycles. The molecular formula is C12H20N2O. The molecule has 84 valence electrons. The largest absolute Gasteiger partial charge is 0.342 e. The summed E-state index contributed by atoms with van der Waals surface area (Å²) < 4.78 is 0. The lowest BCUT2D eigenvalue weighted by Crippen LogP contribution is -2.35. The van der Waals surface area contributed by atoms with Gasteiger partial charge in [0.15, 0.2) is 0 Å². The first-order chi connectivity index (χ1) is 7.15. The topological polar surface area (TPSA) is 44.1 Å². The molecule has 1 amide bonds. The van der Waals surface area contributed by atoms with Gasteiger partial charge in [-0.25, -0.2) is 0 Å². The Bertz CT molecular complexity index is 251. The number of rotatable bonds is 4. The van der Waals surface area contributed by atoms with E-state index in [1.54, 1.807) is 11.9 Å². The molecule has 1 aliphatic carbocycles. The average molecular weight is 208 g/mol. The lowest BCUT2D eigenvalue weighted by Gasteiger charge is -2.24. The number of nitrogens with zero attached hydrogens (tertiary/aromatic N) is 2. The van der Waals surface area contributed by atoms with E-state index in [2.05, 4.69) is 6.07 Å². The smallest absolute Gasteiger partial charge is 0.222 e. The van der Waals surface area contributed by atoms with Crippen molar-refractivity contribution in [2.24, 2.45) is 5.92 Å². The van der Waals surface area contributed by atoms with Gasteiger partial charge in [-0.15, -0.1) is 0 Å².